The van der Waals surface area contributed by atoms with Crippen LogP contribution in [-0.2, 0) is 11.3 Å². The van der Waals surface area contributed by atoms with Crippen LogP contribution in [0.1, 0.15) is 26.2 Å². The number of rotatable bonds is 6. The van der Waals surface area contributed by atoms with Gasteiger partial charge in [-0.25, -0.2) is 15.0 Å². The van der Waals surface area contributed by atoms with Gasteiger partial charge in [0.05, 0.1) is 6.26 Å². The highest BCUT2D eigenvalue weighted by Gasteiger charge is 2.26. The van der Waals surface area contributed by atoms with Crippen LogP contribution in [0.15, 0.2) is 49.7 Å². The number of benzene rings is 1. The van der Waals surface area contributed by atoms with Crippen molar-refractivity contribution in [2.45, 2.75) is 48.9 Å². The fourth-order valence-electron chi connectivity index (χ4n) is 4.37. The molecule has 1 fully saturated rings. The highest BCUT2D eigenvalue weighted by Crippen LogP contribution is 2.38. The maximum absolute atomic E-state index is 12.1. The molecule has 34 heavy (non-hydrogen) atoms. The average Bonchev–Trinajstić information content (AvgIpc) is 3.42. The lowest BCUT2D eigenvalue weighted by molar-refractivity contribution is -0.140. The molecule has 1 amide bonds. The number of aliphatic hydroxyl groups excluding tert-OH is 1. The highest BCUT2D eigenvalue weighted by molar-refractivity contribution is 9.10. The minimum Gasteiger partial charge on any atom is -0.464 e. The van der Waals surface area contributed by atoms with E-state index in [2.05, 4.69) is 30.5 Å². The number of amides is 1. The van der Waals surface area contributed by atoms with E-state index in [0.29, 0.717) is 36.0 Å². The Bertz CT molecular complexity index is 1350. The van der Waals surface area contributed by atoms with E-state index >= 15 is 0 Å². The van der Waals surface area contributed by atoms with E-state index < -0.39 is 6.10 Å². The first-order chi connectivity index (χ1) is 16.4. The molecule has 0 radical (unpaired) electrons. The Morgan fingerprint density at radius 2 is 2.15 bits per heavy atom. The number of hydrogen-bond donors (Lipinski definition) is 2. The molecule has 0 spiro atoms. The summed E-state index contributed by atoms with van der Waals surface area (Å²) in [5.74, 6) is 0.638. The van der Waals surface area contributed by atoms with Gasteiger partial charge in [0, 0.05) is 34.4 Å². The van der Waals surface area contributed by atoms with Crippen LogP contribution in [0.3, 0.4) is 0 Å². The van der Waals surface area contributed by atoms with E-state index in [9.17, 15) is 9.90 Å². The lowest BCUT2D eigenvalue weighted by Crippen LogP contribution is -2.43. The second-order valence-electron chi connectivity index (χ2n) is 8.55. The van der Waals surface area contributed by atoms with Gasteiger partial charge in [-0.3, -0.25) is 4.79 Å². The molecule has 4 aromatic rings. The second-order valence-corrected chi connectivity index (χ2v) is 10.4. The van der Waals surface area contributed by atoms with Gasteiger partial charge in [0.2, 0.25) is 0 Å². The van der Waals surface area contributed by atoms with E-state index in [1.807, 2.05) is 18.2 Å². The third kappa shape index (κ3) is 4.51. The Labute approximate surface area is 208 Å². The molecule has 0 bridgehead atoms. The fourth-order valence-corrected chi connectivity index (χ4v) is 5.92. The minimum absolute atomic E-state index is 0.191. The Balaban J connectivity index is 1.37. The lowest BCUT2D eigenvalue weighted by atomic mass is 9.93. The van der Waals surface area contributed by atoms with Crippen LogP contribution in [0, 0.1) is 5.92 Å². The van der Waals surface area contributed by atoms with Gasteiger partial charge in [-0.15, -0.1) is 0 Å². The third-order valence-corrected chi connectivity index (χ3v) is 8.25. The van der Waals surface area contributed by atoms with Crippen molar-refractivity contribution in [1.29, 1.82) is 0 Å². The maximum atomic E-state index is 12.1. The van der Waals surface area contributed by atoms with Gasteiger partial charge in [-0.1, -0.05) is 11.8 Å². The largest absolute Gasteiger partial charge is 0.464 e. The van der Waals surface area contributed by atoms with Crippen molar-refractivity contribution in [2.24, 2.45) is 5.92 Å². The Morgan fingerprint density at radius 1 is 1.35 bits per heavy atom. The molecule has 1 aromatic carbocycles. The molecule has 1 aliphatic rings. The SMILES string of the molecule is C[C@H](O)C(=O)N1CCC(CCn2c(Sc3cc4occc4cc3Br)nc3c(N)ncnc32)CC1. The summed E-state index contributed by atoms with van der Waals surface area (Å²) in [6.07, 6.45) is 4.94. The van der Waals surface area contributed by atoms with Crippen molar-refractivity contribution in [2.75, 3.05) is 18.8 Å². The van der Waals surface area contributed by atoms with E-state index in [1.165, 1.54) is 25.0 Å². The molecule has 1 saturated heterocycles. The number of aromatic nitrogens is 4. The number of nitrogens with two attached hydrogens (primary N) is 1. The molecule has 1 aliphatic heterocycles. The number of halogens is 1. The summed E-state index contributed by atoms with van der Waals surface area (Å²) in [6, 6.07) is 5.96. The van der Waals surface area contributed by atoms with Crippen LogP contribution in [0.5, 0.6) is 0 Å². The van der Waals surface area contributed by atoms with Crippen molar-refractivity contribution in [3.05, 3.63) is 35.3 Å². The zero-order valence-electron chi connectivity index (χ0n) is 18.6. The number of likely N-dealkylation sites (tertiary alicyclic amines) is 1. The topological polar surface area (TPSA) is 123 Å². The van der Waals surface area contributed by atoms with Crippen molar-refractivity contribution in [3.8, 4) is 0 Å². The molecule has 5 rings (SSSR count). The Morgan fingerprint density at radius 3 is 2.91 bits per heavy atom. The molecule has 0 aliphatic carbocycles. The van der Waals surface area contributed by atoms with Crippen LogP contribution in [0.4, 0.5) is 5.82 Å². The smallest absolute Gasteiger partial charge is 0.251 e. The zero-order chi connectivity index (χ0) is 23.8. The monoisotopic (exact) mass is 544 g/mol. The molecular formula is C23H25BrN6O3S. The second kappa shape index (κ2) is 9.55. The number of nitrogen functional groups attached to an aromatic ring is 1. The molecular weight excluding hydrogens is 520 g/mol. The summed E-state index contributed by atoms with van der Waals surface area (Å²) < 4.78 is 8.64. The van der Waals surface area contributed by atoms with Crippen LogP contribution < -0.4 is 5.73 Å². The molecule has 11 heteroatoms. The summed E-state index contributed by atoms with van der Waals surface area (Å²) in [7, 11) is 0. The fraction of sp³-hybridized carbons (Fsp3) is 0.391. The molecule has 178 valence electrons. The number of imidazole rings is 1. The number of anilines is 1. The summed E-state index contributed by atoms with van der Waals surface area (Å²) in [6.45, 7) is 3.59. The average molecular weight is 545 g/mol. The summed E-state index contributed by atoms with van der Waals surface area (Å²) in [4.78, 5) is 28.2. The third-order valence-electron chi connectivity index (χ3n) is 6.28. The predicted octanol–water partition coefficient (Wildman–Crippen LogP) is 4.08. The minimum atomic E-state index is -0.946. The van der Waals surface area contributed by atoms with Crippen molar-refractivity contribution < 1.29 is 14.3 Å². The predicted molar refractivity (Wildman–Crippen MR) is 133 cm³/mol. The first-order valence-corrected chi connectivity index (χ1v) is 12.8. The van der Waals surface area contributed by atoms with Gasteiger partial charge in [0.1, 0.15) is 18.0 Å². The Hall–Kier alpha value is -2.63. The Kier molecular flexibility index (Phi) is 6.50. The number of hydrogen-bond acceptors (Lipinski definition) is 8. The number of nitrogens with zero attached hydrogens (tertiary/aromatic N) is 5. The van der Waals surface area contributed by atoms with Gasteiger partial charge in [0.15, 0.2) is 22.1 Å². The summed E-state index contributed by atoms with van der Waals surface area (Å²) in [5.41, 5.74) is 8.23. The van der Waals surface area contributed by atoms with Crippen LogP contribution in [0.2, 0.25) is 0 Å². The van der Waals surface area contributed by atoms with Gasteiger partial charge in [-0.2, -0.15) is 0 Å². The van der Waals surface area contributed by atoms with Crippen molar-refractivity contribution in [1.82, 2.24) is 24.4 Å². The zero-order valence-corrected chi connectivity index (χ0v) is 21.0. The van der Waals surface area contributed by atoms with Crippen LogP contribution in [-0.4, -0.2) is 54.6 Å². The lowest BCUT2D eigenvalue weighted by Gasteiger charge is -2.32. The number of aryl methyl sites for hydroxylation is 1. The van der Waals surface area contributed by atoms with E-state index in [0.717, 1.165) is 51.3 Å². The molecule has 0 unspecified atom stereocenters. The molecule has 1 atom stereocenters. The number of carbonyl (C=O) groups is 1. The maximum Gasteiger partial charge on any atom is 0.251 e. The molecule has 9 nitrogen and oxygen atoms in total. The number of fused-ring (bicyclic) bond motifs is 2. The summed E-state index contributed by atoms with van der Waals surface area (Å²) >= 11 is 5.20. The van der Waals surface area contributed by atoms with Crippen LogP contribution in [0.25, 0.3) is 22.1 Å². The number of aliphatic hydroxyl groups is 1. The van der Waals surface area contributed by atoms with Crippen molar-refractivity contribution >= 4 is 61.5 Å². The first-order valence-electron chi connectivity index (χ1n) is 11.2. The van der Waals surface area contributed by atoms with E-state index in [-0.39, 0.29) is 5.91 Å². The first kappa shape index (κ1) is 23.1. The van der Waals surface area contributed by atoms with E-state index in [4.69, 9.17) is 15.1 Å². The molecule has 0 saturated carbocycles. The normalized spacial score (nSPS) is 15.9. The van der Waals surface area contributed by atoms with E-state index in [1.54, 1.807) is 11.2 Å². The molecule has 3 aromatic heterocycles. The van der Waals surface area contributed by atoms with Crippen LogP contribution >= 0.6 is 27.7 Å². The van der Waals surface area contributed by atoms with Gasteiger partial charge in [0.25, 0.3) is 5.91 Å². The van der Waals surface area contributed by atoms with Gasteiger partial charge < -0.3 is 24.7 Å². The number of piperidine rings is 1. The quantitative estimate of drug-likeness (QED) is 0.372. The highest BCUT2D eigenvalue weighted by atomic mass is 79.9. The number of carbonyl (C=O) groups excluding carboxylic acids is 1. The number of furan rings is 1. The molecule has 3 N–H and O–H groups in total. The van der Waals surface area contributed by atoms with Gasteiger partial charge >= 0.3 is 0 Å². The standard InChI is InChI=1S/C23H25BrN6O3S/c1-13(31)22(32)29-6-2-14(3-7-29)4-8-30-21-19(20(25)26-12-27-21)28-23(30)34-18-11-17-15(5-9-33-17)10-16(18)24/h5,9-14,31H,2-4,6-8H2,1H3,(H2,25,26,27)/t13-/m0/s1. The summed E-state index contributed by atoms with van der Waals surface area (Å²) in [5, 5.41) is 11.4. The molecule has 4 heterocycles. The van der Waals surface area contributed by atoms with Gasteiger partial charge in [-0.05, 0) is 66.2 Å². The van der Waals surface area contributed by atoms with Crippen molar-refractivity contribution in [3.63, 3.8) is 0 Å².